The van der Waals surface area contributed by atoms with Crippen LogP contribution in [0.2, 0.25) is 0 Å². The van der Waals surface area contributed by atoms with Gasteiger partial charge in [0, 0.05) is 18.9 Å². The second kappa shape index (κ2) is 5.89. The molecule has 0 unspecified atom stereocenters. The fraction of sp³-hybridized carbons (Fsp3) is 0.533. The maximum absolute atomic E-state index is 11.9. The van der Waals surface area contributed by atoms with Crippen LogP contribution in [0.5, 0.6) is 5.75 Å². The normalized spacial score (nSPS) is 13.3. The van der Waals surface area contributed by atoms with E-state index in [1.807, 2.05) is 12.1 Å². The van der Waals surface area contributed by atoms with E-state index >= 15 is 0 Å². The fourth-order valence-electron chi connectivity index (χ4n) is 2.34. The summed E-state index contributed by atoms with van der Waals surface area (Å²) in [6.45, 7) is 5.50. The highest BCUT2D eigenvalue weighted by atomic mass is 16.5. The molecule has 1 aromatic rings. The fourth-order valence-corrected chi connectivity index (χ4v) is 2.34. The highest BCUT2D eigenvalue weighted by Crippen LogP contribution is 2.25. The van der Waals surface area contributed by atoms with E-state index in [4.69, 9.17) is 4.74 Å². The lowest BCUT2D eigenvalue weighted by Crippen LogP contribution is -2.29. The first-order valence-corrected chi connectivity index (χ1v) is 6.77. The van der Waals surface area contributed by atoms with Crippen LogP contribution in [0, 0.1) is 5.92 Å². The minimum Gasteiger partial charge on any atom is -0.493 e. The molecule has 3 heteroatoms. The molecule has 1 heterocycles. The predicted octanol–water partition coefficient (Wildman–Crippen LogP) is 2.67. The first-order valence-electron chi connectivity index (χ1n) is 6.77. The number of rotatable bonds is 5. The van der Waals surface area contributed by atoms with Crippen LogP contribution in [0.4, 0.5) is 0 Å². The lowest BCUT2D eigenvalue weighted by molar-refractivity contribution is -0.125. The molecule has 0 saturated heterocycles. The quantitative estimate of drug-likeness (QED) is 0.868. The van der Waals surface area contributed by atoms with E-state index in [0.29, 0.717) is 6.54 Å². The van der Waals surface area contributed by atoms with Crippen molar-refractivity contribution in [3.8, 4) is 5.75 Å². The largest absolute Gasteiger partial charge is 0.493 e. The molecule has 2 rings (SSSR count). The standard InChI is InChI=1S/C15H21NO2/c1-3-12(4-2)15(17)16-10-11-5-6-14-13(9-11)7-8-18-14/h5-6,9,12H,3-4,7-8,10H2,1-2H3,(H,16,17). The smallest absolute Gasteiger partial charge is 0.223 e. The summed E-state index contributed by atoms with van der Waals surface area (Å²) in [6, 6.07) is 6.16. The molecule has 3 nitrogen and oxygen atoms in total. The van der Waals surface area contributed by atoms with Gasteiger partial charge >= 0.3 is 0 Å². The van der Waals surface area contributed by atoms with Crippen LogP contribution in [0.25, 0.3) is 0 Å². The lowest BCUT2D eigenvalue weighted by atomic mass is 10.0. The molecule has 0 aliphatic carbocycles. The minimum atomic E-state index is 0.141. The maximum atomic E-state index is 11.9. The van der Waals surface area contributed by atoms with Crippen molar-refractivity contribution < 1.29 is 9.53 Å². The third-order valence-electron chi connectivity index (χ3n) is 3.58. The molecule has 0 spiro atoms. The topological polar surface area (TPSA) is 38.3 Å². The van der Waals surface area contributed by atoms with Crippen molar-refractivity contribution in [1.82, 2.24) is 5.32 Å². The van der Waals surface area contributed by atoms with Crippen molar-refractivity contribution in [2.24, 2.45) is 5.92 Å². The van der Waals surface area contributed by atoms with E-state index in [-0.39, 0.29) is 11.8 Å². The van der Waals surface area contributed by atoms with Crippen LogP contribution >= 0.6 is 0 Å². The average molecular weight is 247 g/mol. The van der Waals surface area contributed by atoms with Crippen molar-refractivity contribution in [1.29, 1.82) is 0 Å². The van der Waals surface area contributed by atoms with Gasteiger partial charge in [0.25, 0.3) is 0 Å². The molecule has 1 N–H and O–H groups in total. The highest BCUT2D eigenvalue weighted by Gasteiger charge is 2.15. The Kier molecular flexibility index (Phi) is 4.24. The third-order valence-corrected chi connectivity index (χ3v) is 3.58. The number of hydrogen-bond acceptors (Lipinski definition) is 2. The zero-order valence-electron chi connectivity index (χ0n) is 11.2. The van der Waals surface area contributed by atoms with Gasteiger partial charge in [-0.25, -0.2) is 0 Å². The summed E-state index contributed by atoms with van der Waals surface area (Å²) in [5, 5.41) is 3.01. The summed E-state index contributed by atoms with van der Waals surface area (Å²) < 4.78 is 5.46. The molecular weight excluding hydrogens is 226 g/mol. The Labute approximate surface area is 109 Å². The number of amides is 1. The van der Waals surface area contributed by atoms with Crippen LogP contribution in [0.1, 0.15) is 37.8 Å². The van der Waals surface area contributed by atoms with Gasteiger partial charge in [-0.3, -0.25) is 4.79 Å². The summed E-state index contributed by atoms with van der Waals surface area (Å²) >= 11 is 0. The molecule has 0 atom stereocenters. The predicted molar refractivity (Wildman–Crippen MR) is 71.6 cm³/mol. The number of nitrogens with one attached hydrogen (secondary N) is 1. The van der Waals surface area contributed by atoms with E-state index in [2.05, 4.69) is 25.2 Å². The average Bonchev–Trinajstić information content (AvgIpc) is 2.85. The van der Waals surface area contributed by atoms with E-state index in [1.54, 1.807) is 0 Å². The first kappa shape index (κ1) is 12.9. The number of hydrogen-bond donors (Lipinski definition) is 1. The summed E-state index contributed by atoms with van der Waals surface area (Å²) in [7, 11) is 0. The molecule has 0 saturated carbocycles. The molecule has 1 aliphatic heterocycles. The molecule has 0 aromatic heterocycles. The van der Waals surface area contributed by atoms with Gasteiger partial charge in [0.2, 0.25) is 5.91 Å². The number of fused-ring (bicyclic) bond motifs is 1. The van der Waals surface area contributed by atoms with Crippen LogP contribution in [0.15, 0.2) is 18.2 Å². The van der Waals surface area contributed by atoms with Crippen molar-refractivity contribution in [2.75, 3.05) is 6.61 Å². The van der Waals surface area contributed by atoms with Crippen LogP contribution in [-0.4, -0.2) is 12.5 Å². The van der Waals surface area contributed by atoms with Crippen molar-refractivity contribution >= 4 is 5.91 Å². The molecular formula is C15H21NO2. The molecule has 0 fully saturated rings. The lowest BCUT2D eigenvalue weighted by Gasteiger charge is -2.13. The molecule has 0 bridgehead atoms. The van der Waals surface area contributed by atoms with E-state index in [0.717, 1.165) is 37.2 Å². The second-order valence-electron chi connectivity index (χ2n) is 4.77. The zero-order chi connectivity index (χ0) is 13.0. The Morgan fingerprint density at radius 1 is 1.39 bits per heavy atom. The van der Waals surface area contributed by atoms with Gasteiger partial charge in [0.05, 0.1) is 6.61 Å². The Morgan fingerprint density at radius 2 is 2.17 bits per heavy atom. The van der Waals surface area contributed by atoms with E-state index in [9.17, 15) is 4.79 Å². The zero-order valence-corrected chi connectivity index (χ0v) is 11.2. The van der Waals surface area contributed by atoms with Crippen LogP contribution in [0.3, 0.4) is 0 Å². The Balaban J connectivity index is 1.92. The van der Waals surface area contributed by atoms with Crippen LogP contribution < -0.4 is 10.1 Å². The molecule has 18 heavy (non-hydrogen) atoms. The van der Waals surface area contributed by atoms with Gasteiger partial charge in [0.15, 0.2) is 0 Å². The van der Waals surface area contributed by atoms with Gasteiger partial charge in [-0.2, -0.15) is 0 Å². The number of carbonyl (C=O) groups is 1. The summed E-state index contributed by atoms with van der Waals surface area (Å²) in [5.74, 6) is 1.30. The molecule has 1 aromatic carbocycles. The Bertz CT molecular complexity index is 425. The summed E-state index contributed by atoms with van der Waals surface area (Å²) in [5.41, 5.74) is 2.41. The van der Waals surface area contributed by atoms with Gasteiger partial charge in [-0.05, 0) is 30.0 Å². The summed E-state index contributed by atoms with van der Waals surface area (Å²) in [6.07, 6.45) is 2.78. The summed E-state index contributed by atoms with van der Waals surface area (Å²) in [4.78, 5) is 11.9. The first-order chi connectivity index (χ1) is 8.74. The number of benzene rings is 1. The number of ether oxygens (including phenoxy) is 1. The molecule has 1 aliphatic rings. The van der Waals surface area contributed by atoms with Gasteiger partial charge < -0.3 is 10.1 Å². The van der Waals surface area contributed by atoms with Gasteiger partial charge in [-0.15, -0.1) is 0 Å². The monoisotopic (exact) mass is 247 g/mol. The highest BCUT2D eigenvalue weighted by molar-refractivity contribution is 5.78. The molecule has 1 amide bonds. The Hall–Kier alpha value is -1.51. The van der Waals surface area contributed by atoms with Crippen molar-refractivity contribution in [3.63, 3.8) is 0 Å². The number of carbonyl (C=O) groups excluding carboxylic acids is 1. The van der Waals surface area contributed by atoms with E-state index < -0.39 is 0 Å². The van der Waals surface area contributed by atoms with Gasteiger partial charge in [0.1, 0.15) is 5.75 Å². The van der Waals surface area contributed by atoms with Crippen molar-refractivity contribution in [3.05, 3.63) is 29.3 Å². The SMILES string of the molecule is CCC(CC)C(=O)NCc1ccc2c(c1)CCO2. The third kappa shape index (κ3) is 2.84. The minimum absolute atomic E-state index is 0.141. The second-order valence-corrected chi connectivity index (χ2v) is 4.77. The van der Waals surface area contributed by atoms with E-state index in [1.165, 1.54) is 5.56 Å². The maximum Gasteiger partial charge on any atom is 0.223 e. The molecule has 0 radical (unpaired) electrons. The van der Waals surface area contributed by atoms with Crippen LogP contribution in [-0.2, 0) is 17.8 Å². The van der Waals surface area contributed by atoms with Crippen molar-refractivity contribution in [2.45, 2.75) is 39.7 Å². The van der Waals surface area contributed by atoms with Gasteiger partial charge in [-0.1, -0.05) is 26.0 Å². The molecule has 98 valence electrons. The Morgan fingerprint density at radius 3 is 2.89 bits per heavy atom.